The second-order valence-corrected chi connectivity index (χ2v) is 5.97. The van der Waals surface area contributed by atoms with Crippen LogP contribution in [0, 0.1) is 0 Å². The van der Waals surface area contributed by atoms with Gasteiger partial charge in [-0.3, -0.25) is 9.59 Å². The van der Waals surface area contributed by atoms with Crippen molar-refractivity contribution in [2.45, 2.75) is 19.8 Å². The highest BCUT2D eigenvalue weighted by Crippen LogP contribution is 2.20. The van der Waals surface area contributed by atoms with Gasteiger partial charge in [-0.05, 0) is 30.5 Å². The summed E-state index contributed by atoms with van der Waals surface area (Å²) in [5.74, 6) is -0.320. The van der Waals surface area contributed by atoms with Gasteiger partial charge < -0.3 is 15.0 Å². The van der Waals surface area contributed by atoms with Gasteiger partial charge >= 0.3 is 0 Å². The van der Waals surface area contributed by atoms with Crippen LogP contribution in [0.25, 0.3) is 0 Å². The Hall–Kier alpha value is -1.30. The molecule has 0 aliphatic rings. The molecule has 0 spiro atoms. The number of nitrogens with one attached hydrogen (secondary N) is 1. The van der Waals surface area contributed by atoms with Gasteiger partial charge in [0, 0.05) is 43.8 Å². The Morgan fingerprint density at radius 2 is 2.04 bits per heavy atom. The van der Waals surface area contributed by atoms with E-state index < -0.39 is 0 Å². The lowest BCUT2D eigenvalue weighted by molar-refractivity contribution is -0.134. The number of benzene rings is 1. The average molecular weight is 361 g/mol. The number of methoxy groups -OCH3 is 1. The molecule has 0 saturated carbocycles. The number of carbonyl (C=O) groups excluding carboxylic acids is 2. The van der Waals surface area contributed by atoms with Gasteiger partial charge in [0.15, 0.2) is 0 Å². The van der Waals surface area contributed by atoms with Crippen LogP contribution >= 0.6 is 23.2 Å². The summed E-state index contributed by atoms with van der Waals surface area (Å²) in [4.78, 5) is 25.0. The van der Waals surface area contributed by atoms with Crippen LogP contribution in [-0.2, 0) is 20.7 Å². The van der Waals surface area contributed by atoms with E-state index in [0.29, 0.717) is 42.6 Å². The lowest BCUT2D eigenvalue weighted by Gasteiger charge is -2.20. The maximum absolute atomic E-state index is 11.9. The monoisotopic (exact) mass is 360 g/mol. The number of halogens is 2. The molecule has 0 bridgehead atoms. The predicted octanol–water partition coefficient (Wildman–Crippen LogP) is 2.54. The van der Waals surface area contributed by atoms with Gasteiger partial charge in [-0.2, -0.15) is 0 Å². The van der Waals surface area contributed by atoms with Crippen molar-refractivity contribution >= 4 is 35.0 Å². The highest BCUT2D eigenvalue weighted by atomic mass is 35.5. The summed E-state index contributed by atoms with van der Waals surface area (Å²) in [6.45, 7) is 3.00. The van der Waals surface area contributed by atoms with E-state index in [1.807, 2.05) is 6.07 Å². The molecule has 0 aromatic heterocycles. The van der Waals surface area contributed by atoms with E-state index in [2.05, 4.69) is 5.32 Å². The van der Waals surface area contributed by atoms with Crippen LogP contribution in [0.4, 0.5) is 0 Å². The van der Waals surface area contributed by atoms with Gasteiger partial charge in [0.1, 0.15) is 0 Å². The Labute approximate surface area is 146 Å². The van der Waals surface area contributed by atoms with Gasteiger partial charge in [-0.15, -0.1) is 0 Å². The lowest BCUT2D eigenvalue weighted by Crippen LogP contribution is -2.41. The molecule has 1 rings (SSSR count). The molecule has 0 heterocycles. The molecule has 128 valence electrons. The Morgan fingerprint density at radius 3 is 2.65 bits per heavy atom. The average Bonchev–Trinajstić information content (AvgIpc) is 2.48. The minimum atomic E-state index is -0.192. The molecule has 2 amide bonds. The molecular weight excluding hydrogens is 339 g/mol. The van der Waals surface area contributed by atoms with Crippen LogP contribution in [0.1, 0.15) is 18.9 Å². The van der Waals surface area contributed by atoms with Crippen molar-refractivity contribution in [2.75, 3.05) is 33.4 Å². The first kappa shape index (κ1) is 19.7. The first-order valence-electron chi connectivity index (χ1n) is 7.39. The number of ether oxygens (including phenoxy) is 1. The zero-order valence-corrected chi connectivity index (χ0v) is 14.9. The van der Waals surface area contributed by atoms with Crippen molar-refractivity contribution in [3.63, 3.8) is 0 Å². The summed E-state index contributed by atoms with van der Waals surface area (Å²) in [5, 5.41) is 3.95. The molecule has 1 N–H and O–H groups in total. The van der Waals surface area contributed by atoms with Crippen LogP contribution in [0.2, 0.25) is 10.0 Å². The molecule has 0 atom stereocenters. The fourth-order valence-corrected chi connectivity index (χ4v) is 2.54. The molecule has 0 aliphatic carbocycles. The maximum Gasteiger partial charge on any atom is 0.239 e. The van der Waals surface area contributed by atoms with Gasteiger partial charge in [-0.1, -0.05) is 29.3 Å². The minimum Gasteiger partial charge on any atom is -0.385 e. The molecule has 0 aliphatic heterocycles. The molecule has 0 unspecified atom stereocenters. The lowest BCUT2D eigenvalue weighted by atomic mass is 10.1. The molecule has 5 nitrogen and oxygen atoms in total. The van der Waals surface area contributed by atoms with Crippen molar-refractivity contribution in [3.8, 4) is 0 Å². The van der Waals surface area contributed by atoms with Gasteiger partial charge in [0.05, 0.1) is 6.54 Å². The van der Waals surface area contributed by atoms with E-state index in [9.17, 15) is 9.59 Å². The molecule has 1 aromatic carbocycles. The third kappa shape index (κ3) is 7.68. The second-order valence-electron chi connectivity index (χ2n) is 5.12. The van der Waals surface area contributed by atoms with Gasteiger partial charge in [0.2, 0.25) is 11.8 Å². The van der Waals surface area contributed by atoms with Gasteiger partial charge in [0.25, 0.3) is 0 Å². The first-order valence-corrected chi connectivity index (χ1v) is 8.14. The van der Waals surface area contributed by atoms with Crippen LogP contribution in [0.15, 0.2) is 18.2 Å². The summed E-state index contributed by atoms with van der Waals surface area (Å²) in [6.07, 6.45) is 1.30. The SMILES string of the molecule is COCCCN(CC(=O)NCCc1ccc(Cl)cc1Cl)C(C)=O. The van der Waals surface area contributed by atoms with Crippen molar-refractivity contribution in [3.05, 3.63) is 33.8 Å². The zero-order valence-electron chi connectivity index (χ0n) is 13.4. The fraction of sp³-hybridized carbons (Fsp3) is 0.500. The van der Waals surface area contributed by atoms with E-state index in [1.54, 1.807) is 19.2 Å². The third-order valence-corrected chi connectivity index (χ3v) is 3.87. The van der Waals surface area contributed by atoms with E-state index in [4.69, 9.17) is 27.9 Å². The van der Waals surface area contributed by atoms with E-state index in [0.717, 1.165) is 5.56 Å². The highest BCUT2D eigenvalue weighted by molar-refractivity contribution is 6.35. The first-order chi connectivity index (χ1) is 10.9. The molecule has 7 heteroatoms. The molecule has 0 radical (unpaired) electrons. The Kier molecular flexibility index (Phi) is 8.99. The van der Waals surface area contributed by atoms with E-state index in [-0.39, 0.29) is 18.4 Å². The van der Waals surface area contributed by atoms with Gasteiger partial charge in [-0.25, -0.2) is 0 Å². The van der Waals surface area contributed by atoms with Crippen molar-refractivity contribution in [1.82, 2.24) is 10.2 Å². The molecular formula is C16H22Cl2N2O3. The smallest absolute Gasteiger partial charge is 0.239 e. The molecule has 0 saturated heterocycles. The number of amides is 2. The van der Waals surface area contributed by atoms with Crippen LogP contribution in [0.3, 0.4) is 0 Å². The normalized spacial score (nSPS) is 10.4. The molecule has 23 heavy (non-hydrogen) atoms. The number of rotatable bonds is 9. The number of nitrogens with zero attached hydrogens (tertiary/aromatic N) is 1. The Balaban J connectivity index is 2.38. The van der Waals surface area contributed by atoms with Crippen molar-refractivity contribution < 1.29 is 14.3 Å². The van der Waals surface area contributed by atoms with Crippen molar-refractivity contribution in [2.24, 2.45) is 0 Å². The van der Waals surface area contributed by atoms with E-state index in [1.165, 1.54) is 11.8 Å². The Bertz CT molecular complexity index is 538. The standard InChI is InChI=1S/C16H22Cl2N2O3/c1-12(21)20(8-3-9-23-2)11-16(22)19-7-6-13-4-5-14(17)10-15(13)18/h4-5,10H,3,6-9,11H2,1-2H3,(H,19,22). The van der Waals surface area contributed by atoms with Crippen LogP contribution in [-0.4, -0.2) is 50.1 Å². The van der Waals surface area contributed by atoms with E-state index >= 15 is 0 Å². The second kappa shape index (κ2) is 10.5. The highest BCUT2D eigenvalue weighted by Gasteiger charge is 2.13. The number of carbonyl (C=O) groups is 2. The fourth-order valence-electron chi connectivity index (χ4n) is 2.04. The Morgan fingerprint density at radius 1 is 1.30 bits per heavy atom. The summed E-state index contributed by atoms with van der Waals surface area (Å²) < 4.78 is 4.95. The topological polar surface area (TPSA) is 58.6 Å². The predicted molar refractivity (Wildman–Crippen MR) is 91.9 cm³/mol. The number of hydrogen-bond donors (Lipinski definition) is 1. The summed E-state index contributed by atoms with van der Waals surface area (Å²) in [5.41, 5.74) is 0.917. The zero-order chi connectivity index (χ0) is 17.2. The largest absolute Gasteiger partial charge is 0.385 e. The summed E-state index contributed by atoms with van der Waals surface area (Å²) in [7, 11) is 1.60. The summed E-state index contributed by atoms with van der Waals surface area (Å²) in [6, 6.07) is 5.27. The van der Waals surface area contributed by atoms with Crippen LogP contribution < -0.4 is 5.32 Å². The van der Waals surface area contributed by atoms with Crippen molar-refractivity contribution in [1.29, 1.82) is 0 Å². The third-order valence-electron chi connectivity index (χ3n) is 3.29. The molecule has 0 fully saturated rings. The molecule has 1 aromatic rings. The quantitative estimate of drug-likeness (QED) is 0.688. The number of hydrogen-bond acceptors (Lipinski definition) is 3. The minimum absolute atomic E-state index is 0.0490. The summed E-state index contributed by atoms with van der Waals surface area (Å²) >= 11 is 11.9. The van der Waals surface area contributed by atoms with Crippen LogP contribution in [0.5, 0.6) is 0 Å². The maximum atomic E-state index is 11.9.